The molecule has 27 heavy (non-hydrogen) atoms. The molecule has 2 aromatic rings. The van der Waals surface area contributed by atoms with Gasteiger partial charge in [-0.05, 0) is 24.3 Å². The average molecular weight is 389 g/mol. The number of halogens is 1. The SMILES string of the molecule is CNC(=O)c1ccnc(NC(=O)N2CCC(Oc3ccccc3Cl)CC2)c1. The molecular formula is C19H21ClN4O3. The zero-order chi connectivity index (χ0) is 19.2. The fraction of sp³-hybridized carbons (Fsp3) is 0.316. The third-order valence-electron chi connectivity index (χ3n) is 4.34. The van der Waals surface area contributed by atoms with E-state index in [4.69, 9.17) is 16.3 Å². The number of likely N-dealkylation sites (tertiary alicyclic amines) is 1. The van der Waals surface area contributed by atoms with Gasteiger partial charge in [0.15, 0.2) is 0 Å². The van der Waals surface area contributed by atoms with Crippen molar-refractivity contribution < 1.29 is 14.3 Å². The summed E-state index contributed by atoms with van der Waals surface area (Å²) in [7, 11) is 1.55. The number of urea groups is 1. The number of carbonyl (C=O) groups excluding carboxylic acids is 2. The number of nitrogens with zero attached hydrogens (tertiary/aromatic N) is 2. The number of amides is 3. The molecule has 0 spiro atoms. The Bertz CT molecular complexity index is 822. The van der Waals surface area contributed by atoms with Crippen LogP contribution in [-0.4, -0.2) is 48.1 Å². The van der Waals surface area contributed by atoms with Gasteiger partial charge in [0.05, 0.1) is 5.02 Å². The second-order valence-corrected chi connectivity index (χ2v) is 6.58. The van der Waals surface area contributed by atoms with Gasteiger partial charge in [-0.15, -0.1) is 0 Å². The average Bonchev–Trinajstić information content (AvgIpc) is 2.70. The molecule has 1 aliphatic heterocycles. The van der Waals surface area contributed by atoms with Crippen LogP contribution < -0.4 is 15.4 Å². The number of ether oxygens (including phenoxy) is 1. The summed E-state index contributed by atoms with van der Waals surface area (Å²) in [6.45, 7) is 1.13. The predicted molar refractivity (Wildman–Crippen MR) is 103 cm³/mol. The minimum atomic E-state index is -0.243. The van der Waals surface area contributed by atoms with Crippen molar-refractivity contribution in [3.63, 3.8) is 0 Å². The molecule has 8 heteroatoms. The molecule has 2 N–H and O–H groups in total. The molecular weight excluding hydrogens is 368 g/mol. The van der Waals surface area contributed by atoms with Crippen LogP contribution in [0.25, 0.3) is 0 Å². The predicted octanol–water partition coefficient (Wildman–Crippen LogP) is 3.17. The molecule has 1 aromatic carbocycles. The Morgan fingerprint density at radius 2 is 1.96 bits per heavy atom. The van der Waals surface area contributed by atoms with Gasteiger partial charge >= 0.3 is 6.03 Å². The summed E-state index contributed by atoms with van der Waals surface area (Å²) in [4.78, 5) is 29.9. The molecule has 3 amide bonds. The number of rotatable bonds is 4. The lowest BCUT2D eigenvalue weighted by Crippen LogP contribution is -2.43. The topological polar surface area (TPSA) is 83.6 Å². The van der Waals surface area contributed by atoms with Crippen LogP contribution in [0.1, 0.15) is 23.2 Å². The lowest BCUT2D eigenvalue weighted by Gasteiger charge is -2.32. The molecule has 2 heterocycles. The van der Waals surface area contributed by atoms with Gasteiger partial charge in [-0.1, -0.05) is 23.7 Å². The Morgan fingerprint density at radius 1 is 1.22 bits per heavy atom. The first-order valence-electron chi connectivity index (χ1n) is 8.72. The van der Waals surface area contributed by atoms with E-state index in [1.807, 2.05) is 18.2 Å². The molecule has 1 fully saturated rings. The Hall–Kier alpha value is -2.80. The van der Waals surface area contributed by atoms with E-state index in [9.17, 15) is 9.59 Å². The highest BCUT2D eigenvalue weighted by Gasteiger charge is 2.24. The number of pyridine rings is 1. The number of nitrogens with one attached hydrogen (secondary N) is 2. The Kier molecular flexibility index (Phi) is 6.13. The van der Waals surface area contributed by atoms with Crippen molar-refractivity contribution >= 4 is 29.4 Å². The first kappa shape index (κ1) is 19.0. The van der Waals surface area contributed by atoms with E-state index in [1.165, 1.54) is 6.20 Å². The molecule has 1 saturated heterocycles. The molecule has 0 radical (unpaired) electrons. The monoisotopic (exact) mass is 388 g/mol. The molecule has 0 atom stereocenters. The van der Waals surface area contributed by atoms with Crippen molar-refractivity contribution in [1.29, 1.82) is 0 Å². The number of anilines is 1. The van der Waals surface area contributed by atoms with E-state index < -0.39 is 0 Å². The first-order chi connectivity index (χ1) is 13.1. The zero-order valence-electron chi connectivity index (χ0n) is 14.9. The second kappa shape index (κ2) is 8.73. The maximum atomic E-state index is 12.4. The van der Waals surface area contributed by atoms with Crippen LogP contribution in [0.15, 0.2) is 42.6 Å². The van der Waals surface area contributed by atoms with Crippen molar-refractivity contribution in [2.45, 2.75) is 18.9 Å². The van der Waals surface area contributed by atoms with E-state index in [-0.39, 0.29) is 18.0 Å². The van der Waals surface area contributed by atoms with Crippen molar-refractivity contribution in [3.8, 4) is 5.75 Å². The Balaban J connectivity index is 1.53. The lowest BCUT2D eigenvalue weighted by atomic mass is 10.1. The van der Waals surface area contributed by atoms with E-state index in [2.05, 4.69) is 15.6 Å². The summed E-state index contributed by atoms with van der Waals surface area (Å²) in [6, 6.07) is 10.3. The van der Waals surface area contributed by atoms with E-state index in [0.717, 1.165) is 0 Å². The van der Waals surface area contributed by atoms with Gasteiger partial charge in [0, 0.05) is 44.7 Å². The second-order valence-electron chi connectivity index (χ2n) is 6.17. The maximum Gasteiger partial charge on any atom is 0.323 e. The minimum Gasteiger partial charge on any atom is -0.489 e. The van der Waals surface area contributed by atoms with Gasteiger partial charge in [-0.3, -0.25) is 10.1 Å². The van der Waals surface area contributed by atoms with Gasteiger partial charge in [0.2, 0.25) is 0 Å². The fourth-order valence-corrected chi connectivity index (χ4v) is 3.05. The molecule has 0 unspecified atom stereocenters. The molecule has 0 saturated carbocycles. The van der Waals surface area contributed by atoms with Crippen LogP contribution in [0.3, 0.4) is 0 Å². The van der Waals surface area contributed by atoms with Crippen LogP contribution in [-0.2, 0) is 0 Å². The van der Waals surface area contributed by atoms with Crippen LogP contribution in [0.5, 0.6) is 5.75 Å². The standard InChI is InChI=1S/C19H21ClN4O3/c1-21-18(25)13-6-9-22-17(12-13)23-19(26)24-10-7-14(8-11-24)27-16-5-3-2-4-15(16)20/h2-6,9,12,14H,7-8,10-11H2,1H3,(H,21,25)(H,22,23,26). The third-order valence-corrected chi connectivity index (χ3v) is 4.66. The van der Waals surface area contributed by atoms with Gasteiger partial charge in [-0.2, -0.15) is 0 Å². The van der Waals surface area contributed by atoms with Crippen molar-refractivity contribution in [3.05, 3.63) is 53.2 Å². The first-order valence-corrected chi connectivity index (χ1v) is 9.10. The minimum absolute atomic E-state index is 0.0173. The summed E-state index contributed by atoms with van der Waals surface area (Å²) in [6.07, 6.45) is 2.93. The summed E-state index contributed by atoms with van der Waals surface area (Å²) >= 11 is 6.12. The molecule has 142 valence electrons. The van der Waals surface area contributed by atoms with E-state index >= 15 is 0 Å². The van der Waals surface area contributed by atoms with E-state index in [0.29, 0.717) is 48.1 Å². The maximum absolute atomic E-state index is 12.4. The summed E-state index contributed by atoms with van der Waals surface area (Å²) in [5, 5.41) is 5.86. The smallest absolute Gasteiger partial charge is 0.323 e. The summed E-state index contributed by atoms with van der Waals surface area (Å²) in [5.74, 6) is 0.776. The normalized spacial score (nSPS) is 14.5. The molecule has 3 rings (SSSR count). The number of aromatic nitrogens is 1. The van der Waals surface area contributed by atoms with Gasteiger partial charge in [0.25, 0.3) is 5.91 Å². The van der Waals surface area contributed by atoms with Gasteiger partial charge < -0.3 is 15.0 Å². The summed E-state index contributed by atoms with van der Waals surface area (Å²) < 4.78 is 5.94. The molecule has 0 aliphatic carbocycles. The largest absolute Gasteiger partial charge is 0.489 e. The Morgan fingerprint density at radius 3 is 2.67 bits per heavy atom. The number of carbonyl (C=O) groups is 2. The zero-order valence-corrected chi connectivity index (χ0v) is 15.7. The number of hydrogen-bond acceptors (Lipinski definition) is 4. The Labute approximate surface area is 162 Å². The molecule has 0 bridgehead atoms. The van der Waals surface area contributed by atoms with Crippen LogP contribution >= 0.6 is 11.6 Å². The lowest BCUT2D eigenvalue weighted by molar-refractivity contribution is 0.0962. The molecule has 1 aromatic heterocycles. The van der Waals surface area contributed by atoms with Crippen molar-refractivity contribution in [1.82, 2.24) is 15.2 Å². The number of hydrogen-bond donors (Lipinski definition) is 2. The van der Waals surface area contributed by atoms with Crippen LogP contribution in [0.4, 0.5) is 10.6 Å². The molecule has 1 aliphatic rings. The quantitative estimate of drug-likeness (QED) is 0.842. The number of para-hydroxylation sites is 1. The fourth-order valence-electron chi connectivity index (χ4n) is 2.87. The highest BCUT2D eigenvalue weighted by molar-refractivity contribution is 6.32. The van der Waals surface area contributed by atoms with Gasteiger partial charge in [0.1, 0.15) is 17.7 Å². The van der Waals surface area contributed by atoms with Crippen molar-refractivity contribution in [2.24, 2.45) is 0 Å². The van der Waals surface area contributed by atoms with E-state index in [1.54, 1.807) is 30.1 Å². The van der Waals surface area contributed by atoms with Crippen molar-refractivity contribution in [2.75, 3.05) is 25.5 Å². The van der Waals surface area contributed by atoms with Crippen LogP contribution in [0.2, 0.25) is 5.02 Å². The summed E-state index contributed by atoms with van der Waals surface area (Å²) in [5.41, 5.74) is 0.439. The highest BCUT2D eigenvalue weighted by atomic mass is 35.5. The highest BCUT2D eigenvalue weighted by Crippen LogP contribution is 2.26. The van der Waals surface area contributed by atoms with Gasteiger partial charge in [-0.25, -0.2) is 9.78 Å². The number of benzene rings is 1. The number of piperidine rings is 1. The van der Waals surface area contributed by atoms with Crippen LogP contribution in [0, 0.1) is 0 Å². The molecule has 7 nitrogen and oxygen atoms in total. The third kappa shape index (κ3) is 4.89.